The maximum Gasteiger partial charge on any atom is 0.321 e. The normalized spacial score (nSPS) is 17.8. The molecule has 1 aromatic rings. The molecule has 0 radical (unpaired) electrons. The molecule has 1 saturated carbocycles. The average Bonchev–Trinajstić information content (AvgIpc) is 2.93. The van der Waals surface area contributed by atoms with Crippen molar-refractivity contribution in [3.63, 3.8) is 0 Å². The number of carboxylic acid groups (broad SMARTS) is 1. The smallest absolute Gasteiger partial charge is 0.321 e. The van der Waals surface area contributed by atoms with E-state index in [-0.39, 0.29) is 11.8 Å². The summed E-state index contributed by atoms with van der Waals surface area (Å²) in [5.41, 5.74) is 5.86. The molecule has 1 aromatic heterocycles. The molecule has 0 bridgehead atoms. The third kappa shape index (κ3) is 7.57. The summed E-state index contributed by atoms with van der Waals surface area (Å²) in [5, 5.41) is 12.1. The van der Waals surface area contributed by atoms with E-state index in [0.717, 1.165) is 31.5 Å². The highest BCUT2D eigenvalue weighted by molar-refractivity contribution is 5.99. The van der Waals surface area contributed by atoms with Crippen LogP contribution in [0.25, 0.3) is 0 Å². The SMILES string of the molecule is CCCCCN[C@@H](Cc1cnc[nH]1)C(=O)O.NC1CC1=O. The number of rotatable bonds is 8. The van der Waals surface area contributed by atoms with Crippen LogP contribution in [0.3, 0.4) is 0 Å². The fourth-order valence-electron chi connectivity index (χ4n) is 1.67. The number of nitrogens with one attached hydrogen (secondary N) is 2. The van der Waals surface area contributed by atoms with Crippen molar-refractivity contribution in [3.05, 3.63) is 18.2 Å². The lowest BCUT2D eigenvalue weighted by Crippen LogP contribution is -2.39. The lowest BCUT2D eigenvalue weighted by atomic mass is 10.1. The summed E-state index contributed by atoms with van der Waals surface area (Å²) in [5.74, 6) is -0.615. The van der Waals surface area contributed by atoms with Crippen molar-refractivity contribution in [1.29, 1.82) is 0 Å². The van der Waals surface area contributed by atoms with Gasteiger partial charge in [0.1, 0.15) is 6.04 Å². The van der Waals surface area contributed by atoms with Gasteiger partial charge in [-0.05, 0) is 13.0 Å². The van der Waals surface area contributed by atoms with Gasteiger partial charge in [-0.15, -0.1) is 0 Å². The number of carbonyl (C=O) groups excluding carboxylic acids is 1. The van der Waals surface area contributed by atoms with Gasteiger partial charge in [0.2, 0.25) is 0 Å². The third-order valence-electron chi connectivity index (χ3n) is 3.12. The summed E-state index contributed by atoms with van der Waals surface area (Å²) in [6, 6.07) is -0.618. The van der Waals surface area contributed by atoms with Crippen molar-refractivity contribution in [3.8, 4) is 0 Å². The van der Waals surface area contributed by atoms with Gasteiger partial charge in [-0.25, -0.2) is 4.98 Å². The number of nitrogens with zero attached hydrogens (tertiary/aromatic N) is 1. The van der Waals surface area contributed by atoms with Crippen LogP contribution < -0.4 is 11.1 Å². The number of H-pyrrole nitrogens is 1. The summed E-state index contributed by atoms with van der Waals surface area (Å²) >= 11 is 0. The van der Waals surface area contributed by atoms with Crippen molar-refractivity contribution in [2.24, 2.45) is 5.73 Å². The zero-order valence-corrected chi connectivity index (χ0v) is 12.3. The largest absolute Gasteiger partial charge is 0.480 e. The second kappa shape index (κ2) is 9.25. The van der Waals surface area contributed by atoms with Crippen LogP contribution in [-0.4, -0.2) is 45.5 Å². The molecular formula is C14H24N4O3. The van der Waals surface area contributed by atoms with Gasteiger partial charge in [0.25, 0.3) is 0 Å². The molecule has 7 nitrogen and oxygen atoms in total. The Hall–Kier alpha value is -1.73. The number of aromatic nitrogens is 2. The molecule has 2 atom stereocenters. The highest BCUT2D eigenvalue weighted by Gasteiger charge is 2.29. The van der Waals surface area contributed by atoms with Gasteiger partial charge >= 0.3 is 5.97 Å². The molecule has 1 heterocycles. The van der Waals surface area contributed by atoms with E-state index < -0.39 is 12.0 Å². The second-order valence-corrected chi connectivity index (χ2v) is 5.11. The first kappa shape index (κ1) is 17.3. The molecule has 1 fully saturated rings. The van der Waals surface area contributed by atoms with Gasteiger partial charge in [-0.1, -0.05) is 19.8 Å². The Labute approximate surface area is 124 Å². The Morgan fingerprint density at radius 1 is 1.62 bits per heavy atom. The van der Waals surface area contributed by atoms with E-state index in [1.54, 1.807) is 12.5 Å². The van der Waals surface area contributed by atoms with Gasteiger partial charge in [-0.3, -0.25) is 9.59 Å². The molecular weight excluding hydrogens is 272 g/mol. The fraction of sp³-hybridized carbons (Fsp3) is 0.643. The zero-order valence-electron chi connectivity index (χ0n) is 12.3. The summed E-state index contributed by atoms with van der Waals surface area (Å²) in [4.78, 5) is 27.5. The van der Waals surface area contributed by atoms with E-state index >= 15 is 0 Å². The standard InChI is InChI=1S/C11H19N3O2.C3H5NO/c1-2-3-4-5-13-10(11(15)16)6-9-7-12-8-14-9;4-2-1-3(2)5/h7-8,10,13H,2-6H2,1H3,(H,12,14)(H,15,16);2H,1,4H2/t10-;/m0./s1. The molecule has 1 aliphatic carbocycles. The van der Waals surface area contributed by atoms with Crippen LogP contribution in [-0.2, 0) is 16.0 Å². The first-order valence-electron chi connectivity index (χ1n) is 7.26. The number of ketones is 1. The number of carboxylic acids is 1. The third-order valence-corrected chi connectivity index (χ3v) is 3.12. The molecule has 2 rings (SSSR count). The van der Waals surface area contributed by atoms with Crippen LogP contribution in [0.2, 0.25) is 0 Å². The highest BCUT2D eigenvalue weighted by Crippen LogP contribution is 2.07. The summed E-state index contributed by atoms with van der Waals surface area (Å²) in [6.07, 6.45) is 7.56. The van der Waals surface area contributed by atoms with E-state index in [4.69, 9.17) is 10.8 Å². The van der Waals surface area contributed by atoms with Gasteiger partial charge in [-0.2, -0.15) is 0 Å². The van der Waals surface area contributed by atoms with E-state index in [9.17, 15) is 9.59 Å². The molecule has 0 aliphatic heterocycles. The number of aliphatic carboxylic acids is 1. The minimum atomic E-state index is -0.814. The monoisotopic (exact) mass is 296 g/mol. The number of nitrogens with two attached hydrogens (primary N) is 1. The van der Waals surface area contributed by atoms with Crippen LogP contribution in [0.4, 0.5) is 0 Å². The van der Waals surface area contributed by atoms with Gasteiger partial charge in [0.15, 0.2) is 5.78 Å². The maximum absolute atomic E-state index is 11.0. The van der Waals surface area contributed by atoms with Crippen molar-refractivity contribution >= 4 is 11.8 Å². The molecule has 1 aliphatic rings. The minimum Gasteiger partial charge on any atom is -0.480 e. The van der Waals surface area contributed by atoms with E-state index in [1.807, 2.05) is 0 Å². The van der Waals surface area contributed by atoms with Crippen LogP contribution in [0, 0.1) is 0 Å². The Morgan fingerprint density at radius 2 is 2.29 bits per heavy atom. The number of hydrogen-bond acceptors (Lipinski definition) is 5. The van der Waals surface area contributed by atoms with Crippen molar-refractivity contribution in [2.75, 3.05) is 6.54 Å². The Morgan fingerprint density at radius 3 is 2.71 bits per heavy atom. The van der Waals surface area contributed by atoms with Crippen LogP contribution in [0.5, 0.6) is 0 Å². The highest BCUT2D eigenvalue weighted by atomic mass is 16.4. The van der Waals surface area contributed by atoms with E-state index in [0.29, 0.717) is 12.8 Å². The average molecular weight is 296 g/mol. The maximum atomic E-state index is 11.0. The Bertz CT molecular complexity index is 433. The summed E-state index contributed by atoms with van der Waals surface area (Å²) in [7, 11) is 0. The lowest BCUT2D eigenvalue weighted by Gasteiger charge is -2.13. The molecule has 0 spiro atoms. The lowest BCUT2D eigenvalue weighted by molar-refractivity contribution is -0.139. The van der Waals surface area contributed by atoms with Crippen molar-refractivity contribution in [2.45, 2.75) is 51.1 Å². The van der Waals surface area contributed by atoms with E-state index in [2.05, 4.69) is 22.2 Å². The van der Waals surface area contributed by atoms with Crippen LogP contribution >= 0.6 is 0 Å². The van der Waals surface area contributed by atoms with E-state index in [1.165, 1.54) is 0 Å². The first-order chi connectivity index (χ1) is 10.0. The molecule has 0 aromatic carbocycles. The predicted molar refractivity (Wildman–Crippen MR) is 78.8 cm³/mol. The van der Waals surface area contributed by atoms with Gasteiger partial charge < -0.3 is 21.1 Å². The minimum absolute atomic E-state index is 0.0880. The van der Waals surface area contributed by atoms with Crippen LogP contribution in [0.1, 0.15) is 38.3 Å². The van der Waals surface area contributed by atoms with Gasteiger partial charge in [0.05, 0.1) is 12.4 Å². The molecule has 7 heteroatoms. The second-order valence-electron chi connectivity index (χ2n) is 5.11. The number of imidazole rings is 1. The number of hydrogen-bond donors (Lipinski definition) is 4. The van der Waals surface area contributed by atoms with Crippen LogP contribution in [0.15, 0.2) is 12.5 Å². The molecule has 1 unspecified atom stereocenters. The van der Waals surface area contributed by atoms with Crippen molar-refractivity contribution in [1.82, 2.24) is 15.3 Å². The number of unbranched alkanes of at least 4 members (excludes halogenated alkanes) is 2. The van der Waals surface area contributed by atoms with Gasteiger partial charge in [0, 0.05) is 24.7 Å². The number of carbonyl (C=O) groups is 2. The summed E-state index contributed by atoms with van der Waals surface area (Å²) in [6.45, 7) is 2.87. The molecule has 21 heavy (non-hydrogen) atoms. The molecule has 0 saturated heterocycles. The Kier molecular flexibility index (Phi) is 7.63. The fourth-order valence-corrected chi connectivity index (χ4v) is 1.67. The predicted octanol–water partition coefficient (Wildman–Crippen LogP) is 0.472. The molecule has 0 amide bonds. The number of aromatic amines is 1. The first-order valence-corrected chi connectivity index (χ1v) is 7.26. The molecule has 118 valence electrons. The molecule has 5 N–H and O–H groups in total. The topological polar surface area (TPSA) is 121 Å². The number of Topliss-reactive ketones (excluding diaryl/α,β-unsaturated/α-hetero) is 1. The quantitative estimate of drug-likeness (QED) is 0.517. The van der Waals surface area contributed by atoms with Crippen molar-refractivity contribution < 1.29 is 14.7 Å². The summed E-state index contributed by atoms with van der Waals surface area (Å²) < 4.78 is 0. The zero-order chi connectivity index (χ0) is 15.7. The Balaban J connectivity index is 0.000000369.